The molecule has 0 bridgehead atoms. The summed E-state index contributed by atoms with van der Waals surface area (Å²) in [5, 5.41) is 8.46. The van der Waals surface area contributed by atoms with E-state index in [1.54, 1.807) is 0 Å². The van der Waals surface area contributed by atoms with Crippen molar-refractivity contribution in [1.82, 2.24) is 0 Å². The van der Waals surface area contributed by atoms with Crippen LogP contribution in [0.1, 0.15) is 19.3 Å². The highest BCUT2D eigenvalue weighted by atomic mass is 35.5. The molecular formula is C8H15ClN2O3. The molecule has 0 saturated heterocycles. The lowest BCUT2D eigenvalue weighted by molar-refractivity contribution is -0.138. The molecule has 5 N–H and O–H groups in total. The van der Waals surface area contributed by atoms with Gasteiger partial charge < -0.3 is 16.6 Å². The molecule has 0 aliphatic rings. The maximum absolute atomic E-state index is 10.9. The molecule has 0 aliphatic carbocycles. The van der Waals surface area contributed by atoms with Crippen LogP contribution in [0.15, 0.2) is 0 Å². The second kappa shape index (κ2) is 6.75. The van der Waals surface area contributed by atoms with Gasteiger partial charge in [-0.15, -0.1) is 11.6 Å². The van der Waals surface area contributed by atoms with Crippen molar-refractivity contribution in [3.63, 3.8) is 0 Å². The molecule has 0 saturated carbocycles. The van der Waals surface area contributed by atoms with Crippen LogP contribution in [0.2, 0.25) is 0 Å². The van der Waals surface area contributed by atoms with Crippen LogP contribution in [0.3, 0.4) is 0 Å². The highest BCUT2D eigenvalue weighted by Gasteiger charge is 2.14. The fourth-order valence-corrected chi connectivity index (χ4v) is 1.14. The maximum atomic E-state index is 10.9. The molecule has 0 radical (unpaired) electrons. The molecule has 0 aliphatic heterocycles. The average molecular weight is 223 g/mol. The van der Waals surface area contributed by atoms with Gasteiger partial charge in [0.05, 0.1) is 11.9 Å². The summed E-state index contributed by atoms with van der Waals surface area (Å²) in [7, 11) is 0. The quantitative estimate of drug-likeness (QED) is 0.513. The molecule has 14 heavy (non-hydrogen) atoms. The predicted octanol–water partition coefficient (Wildman–Crippen LogP) is -0.296. The number of carboxylic acid groups (broad SMARTS) is 1. The zero-order chi connectivity index (χ0) is 11.1. The number of alkyl halides is 1. The highest BCUT2D eigenvalue weighted by molar-refractivity contribution is 6.28. The van der Waals surface area contributed by atoms with Crippen LogP contribution in [0.25, 0.3) is 0 Å². The number of Topliss-reactive ketones (excluding diaryl/α,β-unsaturated/α-hetero) is 1. The fourth-order valence-electron chi connectivity index (χ4n) is 0.941. The number of halogens is 1. The number of carbonyl (C=O) groups excluding carboxylic acids is 1. The molecule has 0 spiro atoms. The Hall–Kier alpha value is -0.650. The van der Waals surface area contributed by atoms with Gasteiger partial charge in [0.2, 0.25) is 0 Å². The van der Waals surface area contributed by atoms with Crippen LogP contribution < -0.4 is 11.5 Å². The molecule has 0 aromatic carbocycles. The van der Waals surface area contributed by atoms with E-state index >= 15 is 0 Å². The van der Waals surface area contributed by atoms with Gasteiger partial charge >= 0.3 is 5.97 Å². The number of aliphatic carboxylic acids is 1. The molecule has 5 nitrogen and oxygen atoms in total. The minimum atomic E-state index is -1.04. The van der Waals surface area contributed by atoms with Crippen molar-refractivity contribution in [3.05, 3.63) is 0 Å². The fraction of sp³-hybridized carbons (Fsp3) is 0.750. The molecule has 82 valence electrons. The van der Waals surface area contributed by atoms with Crippen LogP contribution in [0.5, 0.6) is 0 Å². The first-order valence-electron chi connectivity index (χ1n) is 4.31. The number of hydrogen-bond donors (Lipinski definition) is 3. The molecule has 6 heteroatoms. The third-order valence-electron chi connectivity index (χ3n) is 1.89. The van der Waals surface area contributed by atoms with E-state index in [0.29, 0.717) is 19.3 Å². The standard InChI is InChI=1S/C8H15ClN2O3/c9-4-7(12)5(10)2-1-3-6(11)8(13)14/h5-6H,1-4,10-11H2,(H,13,14). The Kier molecular flexibility index (Phi) is 6.44. The van der Waals surface area contributed by atoms with Crippen molar-refractivity contribution in [2.45, 2.75) is 31.3 Å². The summed E-state index contributed by atoms with van der Waals surface area (Å²) < 4.78 is 0. The third-order valence-corrected chi connectivity index (χ3v) is 2.16. The van der Waals surface area contributed by atoms with Gasteiger partial charge in [-0.2, -0.15) is 0 Å². The van der Waals surface area contributed by atoms with Crippen LogP contribution in [-0.2, 0) is 9.59 Å². The lowest BCUT2D eigenvalue weighted by atomic mass is 10.0. The van der Waals surface area contributed by atoms with Crippen molar-refractivity contribution >= 4 is 23.4 Å². The van der Waals surface area contributed by atoms with E-state index in [-0.39, 0.29) is 11.7 Å². The minimum Gasteiger partial charge on any atom is -0.480 e. The molecule has 0 fully saturated rings. The zero-order valence-corrected chi connectivity index (χ0v) is 8.54. The van der Waals surface area contributed by atoms with Crippen LogP contribution in [0, 0.1) is 0 Å². The molecular weight excluding hydrogens is 208 g/mol. The summed E-state index contributed by atoms with van der Waals surface area (Å²) in [4.78, 5) is 21.2. The van der Waals surface area contributed by atoms with Gasteiger partial charge in [0.1, 0.15) is 6.04 Å². The van der Waals surface area contributed by atoms with Crippen LogP contribution in [-0.4, -0.2) is 34.8 Å². The topological polar surface area (TPSA) is 106 Å². The minimum absolute atomic E-state index is 0.105. The second-order valence-electron chi connectivity index (χ2n) is 3.08. The number of rotatable bonds is 7. The largest absolute Gasteiger partial charge is 0.480 e. The van der Waals surface area contributed by atoms with Crippen molar-refractivity contribution in [3.8, 4) is 0 Å². The van der Waals surface area contributed by atoms with Gasteiger partial charge in [0.25, 0.3) is 0 Å². The highest BCUT2D eigenvalue weighted by Crippen LogP contribution is 2.03. The summed E-state index contributed by atoms with van der Waals surface area (Å²) in [6.07, 6.45) is 1.25. The molecule has 0 heterocycles. The van der Waals surface area contributed by atoms with Gasteiger partial charge in [0, 0.05) is 0 Å². The first-order valence-corrected chi connectivity index (χ1v) is 4.85. The summed E-state index contributed by atoms with van der Waals surface area (Å²) >= 11 is 5.29. The number of ketones is 1. The first kappa shape index (κ1) is 13.4. The maximum Gasteiger partial charge on any atom is 0.320 e. The van der Waals surface area contributed by atoms with E-state index in [2.05, 4.69) is 0 Å². The van der Waals surface area contributed by atoms with Gasteiger partial charge in [-0.25, -0.2) is 0 Å². The van der Waals surface area contributed by atoms with Gasteiger partial charge in [0.15, 0.2) is 5.78 Å². The third kappa shape index (κ3) is 5.16. The van der Waals surface area contributed by atoms with Crippen LogP contribution in [0.4, 0.5) is 0 Å². The molecule has 0 rings (SSSR count). The Morgan fingerprint density at radius 2 is 1.71 bits per heavy atom. The molecule has 0 aromatic heterocycles. The summed E-state index contributed by atoms with van der Waals surface area (Å²) in [5.41, 5.74) is 10.7. The summed E-state index contributed by atoms with van der Waals surface area (Å²) in [6.45, 7) is 0. The van der Waals surface area contributed by atoms with Crippen molar-refractivity contribution in [2.24, 2.45) is 11.5 Å². The van der Waals surface area contributed by atoms with E-state index in [0.717, 1.165) is 0 Å². The van der Waals surface area contributed by atoms with E-state index in [4.69, 9.17) is 28.2 Å². The van der Waals surface area contributed by atoms with Crippen LogP contribution >= 0.6 is 11.6 Å². The molecule has 2 unspecified atom stereocenters. The van der Waals surface area contributed by atoms with Gasteiger partial charge in [-0.3, -0.25) is 9.59 Å². The number of carboxylic acids is 1. The monoisotopic (exact) mass is 222 g/mol. The number of carbonyl (C=O) groups is 2. The van der Waals surface area contributed by atoms with E-state index in [9.17, 15) is 9.59 Å². The summed E-state index contributed by atoms with van der Waals surface area (Å²) in [6, 6.07) is -1.48. The normalized spacial score (nSPS) is 14.8. The second-order valence-corrected chi connectivity index (χ2v) is 3.35. The van der Waals surface area contributed by atoms with Crippen molar-refractivity contribution in [1.29, 1.82) is 0 Å². The Labute approximate surface area is 87.4 Å². The Bertz CT molecular complexity index is 211. The lowest BCUT2D eigenvalue weighted by Gasteiger charge is -2.09. The first-order chi connectivity index (χ1) is 6.49. The van der Waals surface area contributed by atoms with Gasteiger partial charge in [-0.1, -0.05) is 0 Å². The smallest absolute Gasteiger partial charge is 0.320 e. The number of hydrogen-bond acceptors (Lipinski definition) is 4. The zero-order valence-electron chi connectivity index (χ0n) is 7.78. The van der Waals surface area contributed by atoms with Crippen molar-refractivity contribution in [2.75, 3.05) is 5.88 Å². The van der Waals surface area contributed by atoms with Crippen molar-refractivity contribution < 1.29 is 14.7 Å². The molecule has 2 atom stereocenters. The Morgan fingerprint density at radius 1 is 1.21 bits per heavy atom. The average Bonchev–Trinajstić information content (AvgIpc) is 2.15. The van der Waals surface area contributed by atoms with E-state index in [1.807, 2.05) is 0 Å². The number of nitrogens with two attached hydrogens (primary N) is 2. The van der Waals surface area contributed by atoms with E-state index in [1.165, 1.54) is 0 Å². The predicted molar refractivity (Wildman–Crippen MR) is 53.2 cm³/mol. The van der Waals surface area contributed by atoms with E-state index < -0.39 is 18.1 Å². The SMILES string of the molecule is NC(CCCC(N)C(=O)CCl)C(=O)O. The van der Waals surface area contributed by atoms with Gasteiger partial charge in [-0.05, 0) is 19.3 Å². The molecule has 0 amide bonds. The summed E-state index contributed by atoms with van der Waals surface area (Å²) in [5.74, 6) is -1.37. The Balaban J connectivity index is 3.64. The lowest BCUT2D eigenvalue weighted by Crippen LogP contribution is -2.33. The Morgan fingerprint density at radius 3 is 2.14 bits per heavy atom. The molecule has 0 aromatic rings.